The number of nitrogens with two attached hydrogens (primary N) is 1. The molecular weight excluding hydrogens is 257 g/mol. The second-order valence-corrected chi connectivity index (χ2v) is 4.73. The fourth-order valence-corrected chi connectivity index (χ4v) is 2.45. The van der Waals surface area contributed by atoms with Gasteiger partial charge in [0.25, 0.3) is 0 Å². The van der Waals surface area contributed by atoms with Gasteiger partial charge in [0, 0.05) is 25.3 Å². The standard InChI is InChI=1S/C13H17F3N2O/c14-13(15,16)12-9(8-17)2-1-3-11(12)18-6-4-10(19)5-7-18/h1-3,10,19H,4-8,17H2. The number of aliphatic hydroxyl groups is 1. The van der Waals surface area contributed by atoms with Gasteiger partial charge in [-0.2, -0.15) is 13.2 Å². The first-order valence-electron chi connectivity index (χ1n) is 6.25. The van der Waals surface area contributed by atoms with Gasteiger partial charge in [0.1, 0.15) is 0 Å². The summed E-state index contributed by atoms with van der Waals surface area (Å²) in [6, 6.07) is 4.47. The van der Waals surface area contributed by atoms with Crippen molar-refractivity contribution in [2.24, 2.45) is 5.73 Å². The van der Waals surface area contributed by atoms with Gasteiger partial charge in [0.15, 0.2) is 0 Å². The second kappa shape index (κ2) is 5.38. The number of alkyl halides is 3. The predicted octanol–water partition coefficient (Wildman–Crippen LogP) is 2.13. The Balaban J connectivity index is 2.39. The third kappa shape index (κ3) is 3.01. The van der Waals surface area contributed by atoms with Crippen LogP contribution >= 0.6 is 0 Å². The van der Waals surface area contributed by atoms with Crippen LogP contribution < -0.4 is 10.6 Å². The van der Waals surface area contributed by atoms with Gasteiger partial charge < -0.3 is 15.7 Å². The molecule has 0 amide bonds. The highest BCUT2D eigenvalue weighted by atomic mass is 19.4. The number of rotatable bonds is 2. The van der Waals surface area contributed by atoms with E-state index in [4.69, 9.17) is 5.73 Å². The first-order chi connectivity index (χ1) is 8.93. The van der Waals surface area contributed by atoms with E-state index < -0.39 is 17.8 Å². The van der Waals surface area contributed by atoms with Gasteiger partial charge >= 0.3 is 6.18 Å². The van der Waals surface area contributed by atoms with Gasteiger partial charge in [-0.3, -0.25) is 0 Å². The van der Waals surface area contributed by atoms with Crippen molar-refractivity contribution in [3.63, 3.8) is 0 Å². The third-order valence-electron chi connectivity index (χ3n) is 3.44. The molecule has 106 valence electrons. The molecule has 3 N–H and O–H groups in total. The molecule has 0 radical (unpaired) electrons. The lowest BCUT2D eigenvalue weighted by atomic mass is 10.0. The average molecular weight is 274 g/mol. The predicted molar refractivity (Wildman–Crippen MR) is 66.8 cm³/mol. The third-order valence-corrected chi connectivity index (χ3v) is 3.44. The minimum atomic E-state index is -4.42. The van der Waals surface area contributed by atoms with Gasteiger partial charge in [-0.05, 0) is 24.5 Å². The van der Waals surface area contributed by atoms with E-state index in [0.717, 1.165) is 0 Å². The van der Waals surface area contributed by atoms with E-state index in [2.05, 4.69) is 0 Å². The molecule has 1 aromatic rings. The van der Waals surface area contributed by atoms with E-state index in [1.165, 1.54) is 12.1 Å². The highest BCUT2D eigenvalue weighted by Gasteiger charge is 2.37. The van der Waals surface area contributed by atoms with Crippen molar-refractivity contribution >= 4 is 5.69 Å². The number of benzene rings is 1. The van der Waals surface area contributed by atoms with Crippen LogP contribution in [0.25, 0.3) is 0 Å². The van der Waals surface area contributed by atoms with Crippen LogP contribution in [0.3, 0.4) is 0 Å². The number of hydrogen-bond acceptors (Lipinski definition) is 3. The second-order valence-electron chi connectivity index (χ2n) is 4.73. The van der Waals surface area contributed by atoms with Crippen LogP contribution in [-0.2, 0) is 12.7 Å². The fourth-order valence-electron chi connectivity index (χ4n) is 2.45. The lowest BCUT2D eigenvalue weighted by Crippen LogP contribution is -2.37. The highest BCUT2D eigenvalue weighted by Crippen LogP contribution is 2.39. The molecule has 1 aromatic carbocycles. The molecule has 0 spiro atoms. The number of nitrogens with zero attached hydrogens (tertiary/aromatic N) is 1. The number of halogens is 3. The van der Waals surface area contributed by atoms with Crippen molar-refractivity contribution in [2.45, 2.75) is 31.7 Å². The van der Waals surface area contributed by atoms with Crippen LogP contribution in [-0.4, -0.2) is 24.3 Å². The van der Waals surface area contributed by atoms with Crippen LogP contribution in [0, 0.1) is 0 Å². The van der Waals surface area contributed by atoms with Crippen molar-refractivity contribution in [1.82, 2.24) is 0 Å². The molecule has 0 saturated carbocycles. The summed E-state index contributed by atoms with van der Waals surface area (Å²) in [4.78, 5) is 1.68. The summed E-state index contributed by atoms with van der Waals surface area (Å²) in [5, 5.41) is 9.43. The molecule has 0 unspecified atom stereocenters. The molecule has 1 fully saturated rings. The Bertz CT molecular complexity index is 440. The molecule has 0 aliphatic carbocycles. The lowest BCUT2D eigenvalue weighted by molar-refractivity contribution is -0.137. The number of aliphatic hydroxyl groups excluding tert-OH is 1. The van der Waals surface area contributed by atoms with Gasteiger partial charge in [-0.1, -0.05) is 12.1 Å². The summed E-state index contributed by atoms with van der Waals surface area (Å²) in [5.41, 5.74) is 5.04. The molecule has 19 heavy (non-hydrogen) atoms. The smallest absolute Gasteiger partial charge is 0.393 e. The molecular formula is C13H17F3N2O. The molecule has 1 aliphatic heterocycles. The molecule has 1 aliphatic rings. The van der Waals surface area contributed by atoms with Crippen molar-refractivity contribution in [3.8, 4) is 0 Å². The van der Waals surface area contributed by atoms with Crippen LogP contribution in [0.2, 0.25) is 0 Å². The molecule has 0 aromatic heterocycles. The summed E-state index contributed by atoms with van der Waals surface area (Å²) in [5.74, 6) is 0. The Morgan fingerprint density at radius 2 is 1.89 bits per heavy atom. The first kappa shape index (κ1) is 14.1. The van der Waals surface area contributed by atoms with Gasteiger partial charge in [0.05, 0.1) is 11.7 Å². The number of anilines is 1. The molecule has 0 atom stereocenters. The summed E-state index contributed by atoms with van der Waals surface area (Å²) in [6.07, 6.45) is -3.85. The monoisotopic (exact) mass is 274 g/mol. The lowest BCUT2D eigenvalue weighted by Gasteiger charge is -2.33. The maximum atomic E-state index is 13.2. The molecule has 3 nitrogen and oxygen atoms in total. The van der Waals surface area contributed by atoms with E-state index in [9.17, 15) is 18.3 Å². The van der Waals surface area contributed by atoms with Gasteiger partial charge in [0.2, 0.25) is 0 Å². The SMILES string of the molecule is NCc1cccc(N2CCC(O)CC2)c1C(F)(F)F. The molecule has 1 heterocycles. The zero-order valence-corrected chi connectivity index (χ0v) is 10.5. The fraction of sp³-hybridized carbons (Fsp3) is 0.538. The van der Waals surface area contributed by atoms with E-state index in [1.54, 1.807) is 11.0 Å². The van der Waals surface area contributed by atoms with E-state index in [-0.39, 0.29) is 17.8 Å². The zero-order valence-electron chi connectivity index (χ0n) is 10.5. The Morgan fingerprint density at radius 1 is 1.26 bits per heavy atom. The maximum Gasteiger partial charge on any atom is 0.418 e. The highest BCUT2D eigenvalue weighted by molar-refractivity contribution is 5.58. The zero-order chi connectivity index (χ0) is 14.0. The Hall–Kier alpha value is -1.27. The largest absolute Gasteiger partial charge is 0.418 e. The Kier molecular flexibility index (Phi) is 4.01. The average Bonchev–Trinajstić information content (AvgIpc) is 2.37. The Labute approximate surface area is 109 Å². The molecule has 2 rings (SSSR count). The van der Waals surface area contributed by atoms with Crippen LogP contribution in [0.15, 0.2) is 18.2 Å². The van der Waals surface area contributed by atoms with Crippen molar-refractivity contribution in [3.05, 3.63) is 29.3 Å². The number of hydrogen-bond donors (Lipinski definition) is 2. The molecule has 0 bridgehead atoms. The minimum absolute atomic E-state index is 0.108. The molecule has 1 saturated heterocycles. The topological polar surface area (TPSA) is 49.5 Å². The number of piperidine rings is 1. The molecule has 6 heteroatoms. The van der Waals surface area contributed by atoms with Crippen LogP contribution in [0.5, 0.6) is 0 Å². The van der Waals surface area contributed by atoms with E-state index in [1.807, 2.05) is 0 Å². The maximum absolute atomic E-state index is 13.2. The normalized spacial score (nSPS) is 17.8. The van der Waals surface area contributed by atoms with Gasteiger partial charge in [-0.25, -0.2) is 0 Å². The summed E-state index contributed by atoms with van der Waals surface area (Å²) in [6.45, 7) is 0.718. The van der Waals surface area contributed by atoms with Crippen molar-refractivity contribution < 1.29 is 18.3 Å². The van der Waals surface area contributed by atoms with E-state index in [0.29, 0.717) is 25.9 Å². The minimum Gasteiger partial charge on any atom is -0.393 e. The summed E-state index contributed by atoms with van der Waals surface area (Å²) < 4.78 is 39.6. The summed E-state index contributed by atoms with van der Waals surface area (Å²) >= 11 is 0. The van der Waals surface area contributed by atoms with Crippen LogP contribution in [0.4, 0.5) is 18.9 Å². The summed E-state index contributed by atoms with van der Waals surface area (Å²) in [7, 11) is 0. The van der Waals surface area contributed by atoms with E-state index >= 15 is 0 Å². The van der Waals surface area contributed by atoms with Gasteiger partial charge in [-0.15, -0.1) is 0 Å². The quantitative estimate of drug-likeness (QED) is 0.868. The van der Waals surface area contributed by atoms with Crippen LogP contribution in [0.1, 0.15) is 24.0 Å². The Morgan fingerprint density at radius 3 is 2.42 bits per heavy atom. The van der Waals surface area contributed by atoms with Crippen molar-refractivity contribution in [1.29, 1.82) is 0 Å². The first-order valence-corrected chi connectivity index (χ1v) is 6.25. The van der Waals surface area contributed by atoms with Crippen molar-refractivity contribution in [2.75, 3.05) is 18.0 Å².